The van der Waals surface area contributed by atoms with Crippen molar-refractivity contribution in [2.45, 2.75) is 45.6 Å². The molecule has 1 atom stereocenters. The summed E-state index contributed by atoms with van der Waals surface area (Å²) in [5, 5.41) is 2.85. The van der Waals surface area contributed by atoms with Crippen molar-refractivity contribution < 1.29 is 14.3 Å². The number of hydrogen-bond acceptors (Lipinski definition) is 3. The molecule has 20 heavy (non-hydrogen) atoms. The fourth-order valence-electron chi connectivity index (χ4n) is 2.85. The first-order valence-electron chi connectivity index (χ1n) is 7.54. The summed E-state index contributed by atoms with van der Waals surface area (Å²) >= 11 is 0. The molecule has 1 N–H and O–H groups in total. The molecule has 114 valence electrons. The monoisotopic (exact) mass is 282 g/mol. The minimum atomic E-state index is -0.372. The molecule has 5 heteroatoms. The van der Waals surface area contributed by atoms with E-state index in [1.165, 1.54) is 0 Å². The Hall–Kier alpha value is -1.10. The first-order valence-corrected chi connectivity index (χ1v) is 7.54. The van der Waals surface area contributed by atoms with Crippen molar-refractivity contribution in [1.29, 1.82) is 0 Å². The van der Waals surface area contributed by atoms with Crippen LogP contribution in [0.5, 0.6) is 0 Å². The van der Waals surface area contributed by atoms with Gasteiger partial charge in [-0.2, -0.15) is 0 Å². The Labute approximate surface area is 121 Å². The van der Waals surface area contributed by atoms with Gasteiger partial charge in [-0.05, 0) is 30.6 Å². The highest BCUT2D eigenvalue weighted by molar-refractivity contribution is 5.90. The zero-order valence-electron chi connectivity index (χ0n) is 12.8. The Balaban J connectivity index is 2.02. The van der Waals surface area contributed by atoms with Gasteiger partial charge in [0.25, 0.3) is 0 Å². The van der Waals surface area contributed by atoms with Crippen LogP contribution in [0.15, 0.2) is 0 Å². The second-order valence-corrected chi connectivity index (χ2v) is 6.54. The summed E-state index contributed by atoms with van der Waals surface area (Å²) < 4.78 is 5.16. The molecule has 2 rings (SSSR count). The van der Waals surface area contributed by atoms with Gasteiger partial charge in [-0.15, -0.1) is 0 Å². The number of nitrogens with zero attached hydrogens (tertiary/aromatic N) is 1. The van der Waals surface area contributed by atoms with Crippen LogP contribution in [-0.4, -0.2) is 49.6 Å². The molecule has 0 aromatic heterocycles. The van der Waals surface area contributed by atoms with E-state index in [2.05, 4.69) is 5.32 Å². The number of carbonyl (C=O) groups is 2. The maximum absolute atomic E-state index is 12.6. The number of hydrogen-bond donors (Lipinski definition) is 1. The molecular weight excluding hydrogens is 256 g/mol. The van der Waals surface area contributed by atoms with Crippen molar-refractivity contribution >= 4 is 11.8 Å². The fraction of sp³-hybridized carbons (Fsp3) is 0.867. The van der Waals surface area contributed by atoms with E-state index in [9.17, 15) is 9.59 Å². The van der Waals surface area contributed by atoms with Crippen LogP contribution in [0.25, 0.3) is 0 Å². The predicted molar refractivity (Wildman–Crippen MR) is 76.1 cm³/mol. The molecule has 0 bridgehead atoms. The van der Waals surface area contributed by atoms with Gasteiger partial charge in [0.15, 0.2) is 0 Å². The van der Waals surface area contributed by atoms with Crippen molar-refractivity contribution in [3.8, 4) is 0 Å². The highest BCUT2D eigenvalue weighted by atomic mass is 16.5. The van der Waals surface area contributed by atoms with Gasteiger partial charge in [0.1, 0.15) is 6.04 Å². The highest BCUT2D eigenvalue weighted by Gasteiger charge is 2.45. The Morgan fingerprint density at radius 3 is 2.65 bits per heavy atom. The second-order valence-electron chi connectivity index (χ2n) is 6.54. The summed E-state index contributed by atoms with van der Waals surface area (Å²) in [5.41, 5.74) is 0.237. The molecule has 1 saturated carbocycles. The minimum Gasteiger partial charge on any atom is -0.385 e. The second kappa shape index (κ2) is 6.12. The van der Waals surface area contributed by atoms with E-state index in [0.717, 1.165) is 32.4 Å². The quantitative estimate of drug-likeness (QED) is 0.796. The number of rotatable bonds is 6. The lowest BCUT2D eigenvalue weighted by molar-refractivity contribution is -0.135. The largest absolute Gasteiger partial charge is 0.385 e. The number of ether oxygens (including phenoxy) is 1. The summed E-state index contributed by atoms with van der Waals surface area (Å²) in [6, 6.07) is -0.372. The van der Waals surface area contributed by atoms with Crippen LogP contribution in [0.2, 0.25) is 0 Å². The van der Waals surface area contributed by atoms with E-state index in [4.69, 9.17) is 4.74 Å². The van der Waals surface area contributed by atoms with Gasteiger partial charge >= 0.3 is 0 Å². The molecular formula is C15H26N2O3. The number of carbonyl (C=O) groups excluding carboxylic acids is 2. The van der Waals surface area contributed by atoms with Crippen molar-refractivity contribution in [3.05, 3.63) is 0 Å². The zero-order chi connectivity index (χ0) is 14.8. The molecule has 1 aliphatic heterocycles. The predicted octanol–water partition coefficient (Wildman–Crippen LogP) is 1.18. The summed E-state index contributed by atoms with van der Waals surface area (Å²) in [7, 11) is 1.71. The molecule has 1 saturated heterocycles. The van der Waals surface area contributed by atoms with Crippen LogP contribution in [0.4, 0.5) is 0 Å². The summed E-state index contributed by atoms with van der Waals surface area (Å²) in [4.78, 5) is 26.2. The smallest absolute Gasteiger partial charge is 0.245 e. The molecule has 1 unspecified atom stereocenters. The van der Waals surface area contributed by atoms with E-state index in [-0.39, 0.29) is 29.2 Å². The molecule has 0 spiro atoms. The van der Waals surface area contributed by atoms with Crippen molar-refractivity contribution in [2.75, 3.05) is 26.8 Å². The topological polar surface area (TPSA) is 58.6 Å². The number of nitrogens with one attached hydrogen (secondary N) is 1. The lowest BCUT2D eigenvalue weighted by atomic mass is 9.99. The van der Waals surface area contributed by atoms with Crippen LogP contribution in [0.1, 0.15) is 39.5 Å². The Kier molecular flexibility index (Phi) is 4.68. The van der Waals surface area contributed by atoms with Crippen LogP contribution in [0.3, 0.4) is 0 Å². The van der Waals surface area contributed by atoms with Crippen LogP contribution in [-0.2, 0) is 14.3 Å². The Morgan fingerprint density at radius 1 is 1.40 bits per heavy atom. The molecule has 2 aliphatic rings. The van der Waals surface area contributed by atoms with Gasteiger partial charge in [-0.25, -0.2) is 0 Å². The van der Waals surface area contributed by atoms with Crippen LogP contribution in [0, 0.1) is 11.3 Å². The molecule has 5 nitrogen and oxygen atoms in total. The van der Waals surface area contributed by atoms with Gasteiger partial charge in [0, 0.05) is 33.2 Å². The first-order chi connectivity index (χ1) is 9.47. The third kappa shape index (κ3) is 3.51. The van der Waals surface area contributed by atoms with E-state index in [1.807, 2.05) is 18.7 Å². The van der Waals surface area contributed by atoms with E-state index in [0.29, 0.717) is 13.0 Å². The minimum absolute atomic E-state index is 0.0127. The van der Waals surface area contributed by atoms with Crippen molar-refractivity contribution in [1.82, 2.24) is 10.2 Å². The zero-order valence-corrected chi connectivity index (χ0v) is 12.8. The molecule has 2 amide bonds. The third-order valence-electron chi connectivity index (χ3n) is 4.49. The summed E-state index contributed by atoms with van der Waals surface area (Å²) in [5.74, 6) is 0.192. The number of methoxy groups -OCH3 is 1. The maximum atomic E-state index is 12.6. The molecule has 0 radical (unpaired) electrons. The van der Waals surface area contributed by atoms with Gasteiger partial charge in [-0.1, -0.05) is 13.8 Å². The molecule has 2 fully saturated rings. The molecule has 1 heterocycles. The molecule has 0 aromatic rings. The molecule has 0 aromatic carbocycles. The first kappa shape index (κ1) is 15.3. The van der Waals surface area contributed by atoms with Gasteiger partial charge in [-0.3, -0.25) is 9.59 Å². The van der Waals surface area contributed by atoms with Crippen molar-refractivity contribution in [3.63, 3.8) is 0 Å². The van der Waals surface area contributed by atoms with E-state index in [1.54, 1.807) is 7.11 Å². The van der Waals surface area contributed by atoms with Crippen LogP contribution >= 0.6 is 0 Å². The third-order valence-corrected chi connectivity index (χ3v) is 4.49. The fourth-order valence-corrected chi connectivity index (χ4v) is 2.85. The maximum Gasteiger partial charge on any atom is 0.245 e. The standard InChI is InChI=1S/C15H26N2O3/c1-11(2)13-14(19)17(8-4-12(18)16-13)10-15(5-6-15)7-9-20-3/h11,13H,4-10H2,1-3H3,(H,16,18). The van der Waals surface area contributed by atoms with E-state index >= 15 is 0 Å². The average molecular weight is 282 g/mol. The highest BCUT2D eigenvalue weighted by Crippen LogP contribution is 2.49. The Bertz CT molecular complexity index is 377. The molecule has 1 aliphatic carbocycles. The normalized spacial score (nSPS) is 25.6. The van der Waals surface area contributed by atoms with E-state index < -0.39 is 0 Å². The van der Waals surface area contributed by atoms with Crippen LogP contribution < -0.4 is 5.32 Å². The summed E-state index contributed by atoms with van der Waals surface area (Å²) in [6.45, 7) is 6.01. The lowest BCUT2D eigenvalue weighted by Crippen LogP contribution is -2.49. The van der Waals surface area contributed by atoms with Crippen molar-refractivity contribution in [2.24, 2.45) is 11.3 Å². The van der Waals surface area contributed by atoms with Gasteiger partial charge < -0.3 is 15.0 Å². The lowest BCUT2D eigenvalue weighted by Gasteiger charge is -2.29. The SMILES string of the molecule is COCCC1(CN2CCC(=O)NC(C(C)C)C2=O)CC1. The van der Waals surface area contributed by atoms with Gasteiger partial charge in [0.05, 0.1) is 0 Å². The average Bonchev–Trinajstić information content (AvgIpc) is 3.18. The Morgan fingerprint density at radius 2 is 2.10 bits per heavy atom. The summed E-state index contributed by atoms with van der Waals surface area (Å²) in [6.07, 6.45) is 3.73. The number of amides is 2. The van der Waals surface area contributed by atoms with Gasteiger partial charge in [0.2, 0.25) is 11.8 Å².